The number of carboxylic acids is 1. The molecule has 1 aromatic carbocycles. The van der Waals surface area contributed by atoms with Crippen molar-refractivity contribution >= 4 is 5.97 Å². The SMILES string of the molecule is CC(C)(C)c1ccc(CCNC2CCC(C(=O)O)CC2)cc1. The molecule has 0 spiro atoms. The molecule has 0 bridgehead atoms. The van der Waals surface area contributed by atoms with E-state index < -0.39 is 5.97 Å². The summed E-state index contributed by atoms with van der Waals surface area (Å²) < 4.78 is 0. The van der Waals surface area contributed by atoms with Crippen LogP contribution in [-0.2, 0) is 16.6 Å². The van der Waals surface area contributed by atoms with Crippen LogP contribution < -0.4 is 5.32 Å². The van der Waals surface area contributed by atoms with Crippen LogP contribution in [-0.4, -0.2) is 23.7 Å². The summed E-state index contributed by atoms with van der Waals surface area (Å²) in [4.78, 5) is 10.9. The normalized spacial score (nSPS) is 22.5. The van der Waals surface area contributed by atoms with Gasteiger partial charge in [0, 0.05) is 6.04 Å². The predicted octanol–water partition coefficient (Wildman–Crippen LogP) is 3.76. The number of carbonyl (C=O) groups is 1. The van der Waals surface area contributed by atoms with Crippen LogP contribution in [0.2, 0.25) is 0 Å². The first-order valence-electron chi connectivity index (χ1n) is 8.42. The summed E-state index contributed by atoms with van der Waals surface area (Å²) in [7, 11) is 0. The Hall–Kier alpha value is -1.35. The van der Waals surface area contributed by atoms with E-state index in [0.717, 1.165) is 38.6 Å². The molecular formula is C19H29NO2. The summed E-state index contributed by atoms with van der Waals surface area (Å²) in [6.07, 6.45) is 4.63. The van der Waals surface area contributed by atoms with Crippen molar-refractivity contribution in [3.8, 4) is 0 Å². The van der Waals surface area contributed by atoms with E-state index in [-0.39, 0.29) is 11.3 Å². The zero-order chi connectivity index (χ0) is 16.2. The van der Waals surface area contributed by atoms with Gasteiger partial charge in [-0.15, -0.1) is 0 Å². The van der Waals surface area contributed by atoms with Gasteiger partial charge in [-0.05, 0) is 55.2 Å². The van der Waals surface area contributed by atoms with E-state index in [9.17, 15) is 4.79 Å². The number of rotatable bonds is 5. The Balaban J connectivity index is 1.72. The molecule has 0 atom stereocenters. The average Bonchev–Trinajstić information content (AvgIpc) is 2.47. The number of benzene rings is 1. The molecule has 0 radical (unpaired) electrons. The van der Waals surface area contributed by atoms with Crippen LogP contribution in [0, 0.1) is 5.92 Å². The summed E-state index contributed by atoms with van der Waals surface area (Å²) in [5, 5.41) is 12.6. The van der Waals surface area contributed by atoms with Gasteiger partial charge >= 0.3 is 5.97 Å². The van der Waals surface area contributed by atoms with Crippen LogP contribution in [0.25, 0.3) is 0 Å². The lowest BCUT2D eigenvalue weighted by atomic mass is 9.86. The smallest absolute Gasteiger partial charge is 0.306 e. The number of aliphatic carboxylic acids is 1. The lowest BCUT2D eigenvalue weighted by Gasteiger charge is -2.27. The molecule has 0 aliphatic heterocycles. The van der Waals surface area contributed by atoms with Gasteiger partial charge in [-0.1, -0.05) is 45.0 Å². The third-order valence-corrected chi connectivity index (χ3v) is 4.74. The summed E-state index contributed by atoms with van der Waals surface area (Å²) >= 11 is 0. The molecule has 2 rings (SSSR count). The molecule has 3 heteroatoms. The fourth-order valence-electron chi connectivity index (χ4n) is 3.14. The molecular weight excluding hydrogens is 274 g/mol. The van der Waals surface area contributed by atoms with Gasteiger partial charge in [0.25, 0.3) is 0 Å². The Morgan fingerprint density at radius 3 is 2.23 bits per heavy atom. The molecule has 1 fully saturated rings. The van der Waals surface area contributed by atoms with Crippen LogP contribution in [0.4, 0.5) is 0 Å². The molecule has 1 saturated carbocycles. The number of hydrogen-bond acceptors (Lipinski definition) is 2. The van der Waals surface area contributed by atoms with Crippen molar-refractivity contribution < 1.29 is 9.90 Å². The zero-order valence-electron chi connectivity index (χ0n) is 14.1. The highest BCUT2D eigenvalue weighted by Crippen LogP contribution is 2.24. The predicted molar refractivity (Wildman–Crippen MR) is 90.2 cm³/mol. The van der Waals surface area contributed by atoms with Crippen LogP contribution in [0.15, 0.2) is 24.3 Å². The van der Waals surface area contributed by atoms with Crippen molar-refractivity contribution in [2.45, 2.75) is 64.3 Å². The van der Waals surface area contributed by atoms with Crippen molar-refractivity contribution in [2.24, 2.45) is 5.92 Å². The Bertz CT molecular complexity index is 479. The molecule has 2 N–H and O–H groups in total. The van der Waals surface area contributed by atoms with Crippen LogP contribution in [0.3, 0.4) is 0 Å². The number of hydrogen-bond donors (Lipinski definition) is 2. The van der Waals surface area contributed by atoms with E-state index >= 15 is 0 Å². The maximum Gasteiger partial charge on any atom is 0.306 e. The zero-order valence-corrected chi connectivity index (χ0v) is 14.1. The molecule has 3 nitrogen and oxygen atoms in total. The lowest BCUT2D eigenvalue weighted by Crippen LogP contribution is -2.36. The van der Waals surface area contributed by atoms with Gasteiger partial charge < -0.3 is 10.4 Å². The molecule has 1 aliphatic carbocycles. The molecule has 122 valence electrons. The van der Waals surface area contributed by atoms with Gasteiger partial charge in [0.05, 0.1) is 5.92 Å². The highest BCUT2D eigenvalue weighted by atomic mass is 16.4. The van der Waals surface area contributed by atoms with E-state index in [0.29, 0.717) is 6.04 Å². The van der Waals surface area contributed by atoms with Crippen molar-refractivity contribution in [1.29, 1.82) is 0 Å². The topological polar surface area (TPSA) is 49.3 Å². The van der Waals surface area contributed by atoms with Gasteiger partial charge in [0.1, 0.15) is 0 Å². The van der Waals surface area contributed by atoms with Gasteiger partial charge in [-0.25, -0.2) is 0 Å². The van der Waals surface area contributed by atoms with E-state index in [2.05, 4.69) is 50.4 Å². The van der Waals surface area contributed by atoms with E-state index in [1.165, 1.54) is 11.1 Å². The number of carboxylic acid groups (broad SMARTS) is 1. The maximum absolute atomic E-state index is 10.9. The van der Waals surface area contributed by atoms with Crippen LogP contribution in [0.1, 0.15) is 57.6 Å². The highest BCUT2D eigenvalue weighted by molar-refractivity contribution is 5.70. The summed E-state index contributed by atoms with van der Waals surface area (Å²) in [6.45, 7) is 7.67. The first-order valence-corrected chi connectivity index (χ1v) is 8.42. The minimum absolute atomic E-state index is 0.122. The second-order valence-corrected chi connectivity index (χ2v) is 7.54. The molecule has 1 aliphatic rings. The molecule has 0 amide bonds. The summed E-state index contributed by atoms with van der Waals surface area (Å²) in [6, 6.07) is 9.40. The summed E-state index contributed by atoms with van der Waals surface area (Å²) in [5.41, 5.74) is 2.94. The van der Waals surface area contributed by atoms with Gasteiger partial charge in [0.2, 0.25) is 0 Å². The van der Waals surface area contributed by atoms with Crippen LogP contribution >= 0.6 is 0 Å². The first kappa shape index (κ1) is 17.0. The second kappa shape index (κ2) is 7.28. The third kappa shape index (κ3) is 4.84. The van der Waals surface area contributed by atoms with Gasteiger partial charge in [0.15, 0.2) is 0 Å². The Morgan fingerprint density at radius 2 is 1.73 bits per heavy atom. The minimum Gasteiger partial charge on any atom is -0.481 e. The van der Waals surface area contributed by atoms with Crippen molar-refractivity contribution in [2.75, 3.05) is 6.54 Å². The number of nitrogens with one attached hydrogen (secondary N) is 1. The highest BCUT2D eigenvalue weighted by Gasteiger charge is 2.25. The summed E-state index contributed by atoms with van der Waals surface area (Å²) in [5.74, 6) is -0.750. The molecule has 0 aromatic heterocycles. The lowest BCUT2D eigenvalue weighted by molar-refractivity contribution is -0.142. The second-order valence-electron chi connectivity index (χ2n) is 7.54. The largest absolute Gasteiger partial charge is 0.481 e. The minimum atomic E-state index is -0.627. The monoisotopic (exact) mass is 303 g/mol. The fraction of sp³-hybridized carbons (Fsp3) is 0.632. The molecule has 0 heterocycles. The van der Waals surface area contributed by atoms with Crippen molar-refractivity contribution in [3.63, 3.8) is 0 Å². The Kier molecular flexibility index (Phi) is 5.63. The molecule has 0 saturated heterocycles. The Morgan fingerprint density at radius 1 is 1.14 bits per heavy atom. The van der Waals surface area contributed by atoms with Crippen molar-refractivity contribution in [3.05, 3.63) is 35.4 Å². The van der Waals surface area contributed by atoms with E-state index in [1.54, 1.807) is 0 Å². The van der Waals surface area contributed by atoms with Crippen molar-refractivity contribution in [1.82, 2.24) is 5.32 Å². The Labute approximate surface area is 134 Å². The van der Waals surface area contributed by atoms with Crippen LogP contribution in [0.5, 0.6) is 0 Å². The van der Waals surface area contributed by atoms with Gasteiger partial charge in [-0.3, -0.25) is 4.79 Å². The quantitative estimate of drug-likeness (QED) is 0.870. The fourth-order valence-corrected chi connectivity index (χ4v) is 3.14. The maximum atomic E-state index is 10.9. The first-order chi connectivity index (χ1) is 10.4. The van der Waals surface area contributed by atoms with Gasteiger partial charge in [-0.2, -0.15) is 0 Å². The molecule has 0 unspecified atom stereocenters. The average molecular weight is 303 g/mol. The third-order valence-electron chi connectivity index (χ3n) is 4.74. The van der Waals surface area contributed by atoms with E-state index in [4.69, 9.17) is 5.11 Å². The van der Waals surface area contributed by atoms with E-state index in [1.807, 2.05) is 0 Å². The molecule has 1 aromatic rings. The standard InChI is InChI=1S/C19H29NO2/c1-19(2,3)16-8-4-14(5-9-16)12-13-20-17-10-6-15(7-11-17)18(21)22/h4-5,8-9,15,17,20H,6-7,10-13H2,1-3H3,(H,21,22). The molecule has 22 heavy (non-hydrogen) atoms.